The quantitative estimate of drug-likeness (QED) is 0.356. The average molecular weight is 418 g/mol. The van der Waals surface area contributed by atoms with Gasteiger partial charge in [0.25, 0.3) is 0 Å². The first-order valence-electron chi connectivity index (χ1n) is 8.53. The van der Waals surface area contributed by atoms with Crippen LogP contribution in [0.5, 0.6) is 0 Å². The fraction of sp³-hybridized carbons (Fsp3) is 0.0909. The van der Waals surface area contributed by atoms with Crippen LogP contribution < -0.4 is 69.3 Å². The van der Waals surface area contributed by atoms with Gasteiger partial charge in [-0.1, -0.05) is 67.0 Å². The second-order valence-corrected chi connectivity index (χ2v) is 6.61. The molecular formula is C22H12Na2O6. The van der Waals surface area contributed by atoms with Gasteiger partial charge in [-0.25, -0.2) is 0 Å². The van der Waals surface area contributed by atoms with Crippen molar-refractivity contribution in [2.75, 3.05) is 0 Å². The van der Waals surface area contributed by atoms with E-state index in [0.717, 1.165) is 0 Å². The minimum absolute atomic E-state index is 0. The number of ketones is 4. The van der Waals surface area contributed by atoms with Gasteiger partial charge < -0.3 is 10.2 Å². The molecule has 0 unspecified atom stereocenters. The SMILES string of the molecule is CC(C1=C([O-])c2ccccc2C(=O)C1=O)C1=C([O-])c2ccccc2C(=O)C1=O.[Na+].[Na+]. The van der Waals surface area contributed by atoms with E-state index in [0.29, 0.717) is 0 Å². The van der Waals surface area contributed by atoms with E-state index >= 15 is 0 Å². The van der Waals surface area contributed by atoms with E-state index in [1.165, 1.54) is 43.3 Å². The van der Waals surface area contributed by atoms with E-state index in [1.54, 1.807) is 12.1 Å². The molecule has 138 valence electrons. The van der Waals surface area contributed by atoms with Gasteiger partial charge in [-0.15, -0.1) is 0 Å². The molecule has 0 fully saturated rings. The Bertz CT molecular complexity index is 1080. The molecule has 0 radical (unpaired) electrons. The van der Waals surface area contributed by atoms with Crippen LogP contribution in [0.1, 0.15) is 38.8 Å². The summed E-state index contributed by atoms with van der Waals surface area (Å²) in [5.41, 5.74) is -0.878. The molecule has 2 aromatic carbocycles. The Balaban J connectivity index is 0.00000160. The Morgan fingerprint density at radius 2 is 0.867 bits per heavy atom. The first-order chi connectivity index (χ1) is 13.3. The van der Waals surface area contributed by atoms with E-state index in [2.05, 4.69) is 0 Å². The summed E-state index contributed by atoms with van der Waals surface area (Å²) in [5.74, 6) is -6.58. The van der Waals surface area contributed by atoms with E-state index in [9.17, 15) is 29.4 Å². The number of hydrogen-bond acceptors (Lipinski definition) is 6. The van der Waals surface area contributed by atoms with Crippen molar-refractivity contribution < 1.29 is 88.5 Å². The Morgan fingerprint density at radius 3 is 1.20 bits per heavy atom. The van der Waals surface area contributed by atoms with Gasteiger partial charge in [0.05, 0.1) is 0 Å². The van der Waals surface area contributed by atoms with Crippen LogP contribution in [0.2, 0.25) is 0 Å². The molecule has 0 aromatic heterocycles. The largest absolute Gasteiger partial charge is 1.00 e. The third-order valence-electron chi connectivity index (χ3n) is 5.09. The molecule has 4 rings (SSSR count). The van der Waals surface area contributed by atoms with Crippen LogP contribution >= 0.6 is 0 Å². The maximum Gasteiger partial charge on any atom is 1.00 e. The molecule has 0 spiro atoms. The summed E-state index contributed by atoms with van der Waals surface area (Å²) >= 11 is 0. The molecule has 0 amide bonds. The zero-order valence-corrected chi connectivity index (χ0v) is 20.6. The topological polar surface area (TPSA) is 114 Å². The van der Waals surface area contributed by atoms with Crippen molar-refractivity contribution in [3.05, 3.63) is 81.9 Å². The summed E-state index contributed by atoms with van der Waals surface area (Å²) < 4.78 is 0. The number of rotatable bonds is 2. The third kappa shape index (κ3) is 3.58. The van der Waals surface area contributed by atoms with Gasteiger partial charge in [0.15, 0.2) is 0 Å². The minimum Gasteiger partial charge on any atom is -0.872 e. The summed E-state index contributed by atoms with van der Waals surface area (Å²) in [5, 5.41) is 25.7. The van der Waals surface area contributed by atoms with Crippen molar-refractivity contribution >= 4 is 34.7 Å². The van der Waals surface area contributed by atoms with Gasteiger partial charge in [0.1, 0.15) is 0 Å². The van der Waals surface area contributed by atoms with Crippen LogP contribution in [0, 0.1) is 5.92 Å². The van der Waals surface area contributed by atoms with Gasteiger partial charge >= 0.3 is 59.1 Å². The van der Waals surface area contributed by atoms with Crippen molar-refractivity contribution in [1.82, 2.24) is 0 Å². The van der Waals surface area contributed by atoms with Gasteiger partial charge in [0.2, 0.25) is 23.1 Å². The van der Waals surface area contributed by atoms with Crippen molar-refractivity contribution in [2.45, 2.75) is 6.92 Å². The molecule has 0 saturated carbocycles. The Labute approximate surface area is 216 Å². The van der Waals surface area contributed by atoms with Crippen LogP contribution in [0.25, 0.3) is 11.5 Å². The number of fused-ring (bicyclic) bond motifs is 2. The van der Waals surface area contributed by atoms with Crippen molar-refractivity contribution in [3.8, 4) is 0 Å². The first kappa shape index (κ1) is 24.5. The van der Waals surface area contributed by atoms with E-state index < -0.39 is 51.7 Å². The second-order valence-electron chi connectivity index (χ2n) is 6.61. The summed E-state index contributed by atoms with van der Waals surface area (Å²) in [6, 6.07) is 11.7. The fourth-order valence-corrected chi connectivity index (χ4v) is 3.67. The summed E-state index contributed by atoms with van der Waals surface area (Å²) in [6.45, 7) is 1.32. The average Bonchev–Trinajstić information content (AvgIpc) is 2.71. The zero-order valence-electron chi connectivity index (χ0n) is 16.6. The predicted octanol–water partition coefficient (Wildman–Crippen LogP) is -5.30. The fourth-order valence-electron chi connectivity index (χ4n) is 3.67. The maximum absolute atomic E-state index is 12.9. The molecule has 8 heteroatoms. The van der Waals surface area contributed by atoms with Crippen LogP contribution in [0.4, 0.5) is 0 Å². The molecule has 0 saturated heterocycles. The monoisotopic (exact) mass is 418 g/mol. The number of allylic oxidation sites excluding steroid dienone is 2. The Kier molecular flexibility index (Phi) is 7.45. The van der Waals surface area contributed by atoms with Crippen LogP contribution in [-0.4, -0.2) is 23.1 Å². The number of carbonyl (C=O) groups excluding carboxylic acids is 4. The smallest absolute Gasteiger partial charge is 0.872 e. The standard InChI is InChI=1S/C22H14O6.2Na/c1-10(15-17(23)11-6-2-4-8-13(11)19(25)21(15)27)16-18(24)12-7-3-5-9-14(12)20(26)22(16)28;;/h2-10,23-24H,1H3;;/q;2*+1/p-2. The number of benzene rings is 2. The Morgan fingerprint density at radius 1 is 0.567 bits per heavy atom. The molecule has 0 atom stereocenters. The molecule has 6 nitrogen and oxygen atoms in total. The molecule has 2 aliphatic rings. The van der Waals surface area contributed by atoms with E-state index in [1.807, 2.05) is 0 Å². The van der Waals surface area contributed by atoms with Crippen molar-refractivity contribution in [1.29, 1.82) is 0 Å². The molecule has 0 heterocycles. The number of hydrogen-bond donors (Lipinski definition) is 0. The van der Waals surface area contributed by atoms with E-state index in [4.69, 9.17) is 0 Å². The predicted molar refractivity (Wildman–Crippen MR) is 94.6 cm³/mol. The first-order valence-corrected chi connectivity index (χ1v) is 8.53. The maximum atomic E-state index is 12.9. The minimum atomic E-state index is -1.28. The number of Topliss-reactive ketones (excluding diaryl/α,β-unsaturated/α-hetero) is 4. The zero-order chi connectivity index (χ0) is 20.2. The molecule has 0 aliphatic heterocycles. The van der Waals surface area contributed by atoms with Crippen molar-refractivity contribution in [2.24, 2.45) is 5.92 Å². The van der Waals surface area contributed by atoms with Crippen molar-refractivity contribution in [3.63, 3.8) is 0 Å². The number of carbonyl (C=O) groups is 4. The van der Waals surface area contributed by atoms with Gasteiger partial charge in [-0.05, 0) is 11.1 Å². The molecule has 2 aromatic rings. The third-order valence-corrected chi connectivity index (χ3v) is 5.09. The van der Waals surface area contributed by atoms with Crippen LogP contribution in [0.3, 0.4) is 0 Å². The van der Waals surface area contributed by atoms with Gasteiger partial charge in [0, 0.05) is 28.2 Å². The molecular weight excluding hydrogens is 406 g/mol. The summed E-state index contributed by atoms with van der Waals surface area (Å²) in [7, 11) is 0. The van der Waals surface area contributed by atoms with Crippen LogP contribution in [-0.2, 0) is 9.59 Å². The summed E-state index contributed by atoms with van der Waals surface area (Å²) in [4.78, 5) is 50.0. The second kappa shape index (κ2) is 9.14. The normalized spacial score (nSPS) is 15.5. The van der Waals surface area contributed by atoms with Gasteiger partial charge in [-0.2, -0.15) is 0 Å². The molecule has 2 aliphatic carbocycles. The Hall–Kier alpha value is -1.80. The van der Waals surface area contributed by atoms with E-state index in [-0.39, 0.29) is 81.4 Å². The molecule has 30 heavy (non-hydrogen) atoms. The summed E-state index contributed by atoms with van der Waals surface area (Å²) in [6.07, 6.45) is 0. The molecule has 0 bridgehead atoms. The van der Waals surface area contributed by atoms with Gasteiger partial charge in [-0.3, -0.25) is 19.2 Å². The molecule has 0 N–H and O–H groups in total. The van der Waals surface area contributed by atoms with Crippen LogP contribution in [0.15, 0.2) is 59.7 Å².